The molecule has 1 N–H and O–H groups in total. The molecule has 1 aliphatic rings. The zero-order chi connectivity index (χ0) is 25.4. The Balaban J connectivity index is 0.000000275. The maximum atomic E-state index is 8.01. The van der Waals surface area contributed by atoms with Crippen LogP contribution < -0.4 is 5.19 Å². The van der Waals surface area contributed by atoms with Gasteiger partial charge in [0.15, 0.2) is 0 Å². The van der Waals surface area contributed by atoms with Crippen molar-refractivity contribution < 1.29 is 23.3 Å². The van der Waals surface area contributed by atoms with E-state index in [4.69, 9.17) is 5.73 Å². The number of hydrogen-bond donors (Lipinski definition) is 0. The predicted octanol–water partition coefficient (Wildman–Crippen LogP) is 9.58. The number of hydrogen-bond acceptors (Lipinski definition) is 0. The van der Waals surface area contributed by atoms with Crippen LogP contribution in [0.1, 0.15) is 61.8 Å². The molecule has 0 fully saturated rings. The summed E-state index contributed by atoms with van der Waals surface area (Å²) >= 11 is 1.69. The van der Waals surface area contributed by atoms with E-state index in [2.05, 4.69) is 125 Å². The summed E-state index contributed by atoms with van der Waals surface area (Å²) < 4.78 is 0. The second-order valence-corrected chi connectivity index (χ2v) is 16.9. The van der Waals surface area contributed by atoms with Crippen LogP contribution in [0.15, 0.2) is 91.0 Å². The van der Waals surface area contributed by atoms with E-state index in [9.17, 15) is 0 Å². The van der Waals surface area contributed by atoms with Crippen molar-refractivity contribution in [3.63, 3.8) is 0 Å². The summed E-state index contributed by atoms with van der Waals surface area (Å²) in [6, 6.07) is 35.0. The zero-order valence-corrected chi connectivity index (χ0v) is 27.4. The largest absolute Gasteiger partial charge is 0.179 e. The molecule has 0 spiro atoms. The van der Waals surface area contributed by atoms with E-state index in [1.807, 2.05) is 6.07 Å². The normalized spacial score (nSPS) is 10.5. The first-order valence-electron chi connectivity index (χ1n) is 12.3. The Morgan fingerprint density at radius 2 is 1.27 bits per heavy atom. The minimum absolute atomic E-state index is 0. The third kappa shape index (κ3) is 9.25. The first-order valence-corrected chi connectivity index (χ1v) is 18.0. The molecule has 0 heterocycles. The van der Waals surface area contributed by atoms with Crippen LogP contribution in [0.5, 0.6) is 0 Å². The Labute approximate surface area is 251 Å². The van der Waals surface area contributed by atoms with Crippen LogP contribution >= 0.6 is 24.8 Å². The molecule has 4 aromatic carbocycles. The molecule has 5 heteroatoms. The third-order valence-electron chi connectivity index (χ3n) is 6.20. The molecule has 0 saturated carbocycles. The van der Waals surface area contributed by atoms with Crippen LogP contribution in [0.3, 0.4) is 0 Å². The number of fused-ring (bicyclic) bond motifs is 3. The van der Waals surface area contributed by atoms with E-state index >= 15 is 0 Å². The standard InChI is InChI=1S/C13H9.C12H18N.C7H8Si.2ClH.Zr/c1-3-7-12-10(5-1)9-11-6-2-4-8-13(11)12;1-8(2)10-6-5-7-11(9(3)4)12(10)13;1-8-7-5-3-2-4-6-7;;;/h1-5,7-8H,9H2;5-9,13H,1-4H3;2-6H,1H3;2*1H;/q2*-1;;;;+2. The molecule has 5 rings (SSSR count). The van der Waals surface area contributed by atoms with Crippen LogP contribution in [0.2, 0.25) is 6.55 Å². The van der Waals surface area contributed by atoms with Gasteiger partial charge in [-0.2, -0.15) is 29.8 Å². The summed E-state index contributed by atoms with van der Waals surface area (Å²) in [5.74, 6) is 0.900. The fourth-order valence-corrected chi connectivity index (χ4v) is 6.16. The van der Waals surface area contributed by atoms with Crippen molar-refractivity contribution in [2.75, 3.05) is 0 Å². The van der Waals surface area contributed by atoms with E-state index in [1.165, 1.54) is 22.3 Å². The fourth-order valence-electron chi connectivity index (χ4n) is 4.24. The SMILES string of the molecule is CC(C)c1cccc(C(C)C)c1[NH-].C[Si](=[Zr+2])c1ccccc1.Cl.Cl.[c-]1cccc2c1Cc1ccccc1-2. The minimum Gasteiger partial charge on any atom is -0.179 e. The molecule has 0 aliphatic heterocycles. The van der Waals surface area contributed by atoms with E-state index in [0.717, 1.165) is 23.2 Å². The maximum absolute atomic E-state index is 8.01. The van der Waals surface area contributed by atoms with Gasteiger partial charge >= 0.3 is 70.8 Å². The molecule has 0 radical (unpaired) electrons. The third-order valence-corrected chi connectivity index (χ3v) is 9.52. The average Bonchev–Trinajstić information content (AvgIpc) is 3.24. The summed E-state index contributed by atoms with van der Waals surface area (Å²) in [7, 11) is 0. The van der Waals surface area contributed by atoms with Gasteiger partial charge in [-0.3, -0.25) is 0 Å². The molecule has 0 amide bonds. The number of halogens is 2. The summed E-state index contributed by atoms with van der Waals surface area (Å²) in [4.78, 5) is 0. The van der Waals surface area contributed by atoms with E-state index in [1.54, 1.807) is 28.5 Å². The van der Waals surface area contributed by atoms with E-state index in [0.29, 0.717) is 11.8 Å². The first kappa shape index (κ1) is 33.4. The van der Waals surface area contributed by atoms with Crippen LogP contribution in [-0.4, -0.2) is 5.43 Å². The Hall–Kier alpha value is -1.64. The number of benzene rings is 4. The molecule has 0 atom stereocenters. The molecule has 4 aromatic rings. The average molecular weight is 626 g/mol. The second kappa shape index (κ2) is 16.4. The van der Waals surface area contributed by atoms with Gasteiger partial charge < -0.3 is 5.73 Å². The van der Waals surface area contributed by atoms with Gasteiger partial charge in [-0.25, -0.2) is 0 Å². The van der Waals surface area contributed by atoms with Gasteiger partial charge in [0.1, 0.15) is 0 Å². The van der Waals surface area contributed by atoms with Crippen molar-refractivity contribution >= 4 is 41.1 Å². The summed E-state index contributed by atoms with van der Waals surface area (Å²) in [5, 5.41) is 1.56. The molecule has 192 valence electrons. The number of nitrogens with one attached hydrogen (secondary N) is 1. The summed E-state index contributed by atoms with van der Waals surface area (Å²) in [6.07, 6.45) is 1.05. The molecule has 0 aromatic heterocycles. The molecule has 1 aliphatic carbocycles. The summed E-state index contributed by atoms with van der Waals surface area (Å²) in [6.45, 7) is 10.9. The molecule has 0 saturated heterocycles. The summed E-state index contributed by atoms with van der Waals surface area (Å²) in [5.41, 5.74) is 16.4. The quantitative estimate of drug-likeness (QED) is 0.141. The topological polar surface area (TPSA) is 23.8 Å². The molecule has 37 heavy (non-hydrogen) atoms. The van der Waals surface area contributed by atoms with Crippen LogP contribution in [0.25, 0.3) is 16.9 Å². The maximum Gasteiger partial charge on any atom is -0.0253 e. The van der Waals surface area contributed by atoms with Crippen LogP contribution in [0, 0.1) is 6.07 Å². The van der Waals surface area contributed by atoms with Gasteiger partial charge in [-0.05, 0) is 18.3 Å². The molecular weight excluding hydrogens is 589 g/mol. The van der Waals surface area contributed by atoms with Gasteiger partial charge in [0.2, 0.25) is 0 Å². The van der Waals surface area contributed by atoms with Gasteiger partial charge in [0.05, 0.1) is 0 Å². The first-order chi connectivity index (χ1) is 16.8. The van der Waals surface area contributed by atoms with Gasteiger partial charge in [0.25, 0.3) is 0 Å². The van der Waals surface area contributed by atoms with Gasteiger partial charge in [0, 0.05) is 0 Å². The Morgan fingerprint density at radius 1 is 0.730 bits per heavy atom. The molecule has 0 unspecified atom stereocenters. The van der Waals surface area contributed by atoms with Gasteiger partial charge in [-0.1, -0.05) is 92.4 Å². The molecule has 0 bridgehead atoms. The van der Waals surface area contributed by atoms with E-state index in [-0.39, 0.29) is 30.2 Å². The smallest absolute Gasteiger partial charge is 0.0253 e. The predicted molar refractivity (Wildman–Crippen MR) is 164 cm³/mol. The second-order valence-electron chi connectivity index (χ2n) is 9.51. The van der Waals surface area contributed by atoms with Crippen molar-refractivity contribution in [2.45, 2.75) is 52.5 Å². The Morgan fingerprint density at radius 3 is 1.81 bits per heavy atom. The molecular formula is C32H37Cl2NSiZr. The van der Waals surface area contributed by atoms with E-state index < -0.39 is 0 Å². The van der Waals surface area contributed by atoms with Crippen LogP contribution in [0.4, 0.5) is 5.69 Å². The fraction of sp³-hybridized carbons (Fsp3) is 0.250. The number of rotatable bonds is 3. The molecule has 1 nitrogen and oxygen atoms in total. The van der Waals surface area contributed by atoms with Crippen molar-refractivity contribution in [3.05, 3.63) is 125 Å². The van der Waals surface area contributed by atoms with Crippen molar-refractivity contribution in [1.82, 2.24) is 0 Å². The van der Waals surface area contributed by atoms with Crippen molar-refractivity contribution in [2.24, 2.45) is 0 Å². The minimum atomic E-state index is -0.122. The monoisotopic (exact) mass is 623 g/mol. The Bertz CT molecular complexity index is 1200. The van der Waals surface area contributed by atoms with Crippen LogP contribution in [-0.2, 0) is 29.8 Å². The zero-order valence-electron chi connectivity index (χ0n) is 22.3. The van der Waals surface area contributed by atoms with Gasteiger partial charge in [-0.15, -0.1) is 36.1 Å². The van der Waals surface area contributed by atoms with Crippen molar-refractivity contribution in [3.8, 4) is 11.1 Å². The van der Waals surface area contributed by atoms with Crippen molar-refractivity contribution in [1.29, 1.82) is 0 Å². The Kier molecular flexibility index (Phi) is 14.8.